The van der Waals surface area contributed by atoms with Crippen molar-refractivity contribution in [1.82, 2.24) is 10.3 Å². The molecule has 3 rings (SSSR count). The Morgan fingerprint density at radius 3 is 2.46 bits per heavy atom. The van der Waals surface area contributed by atoms with E-state index in [2.05, 4.69) is 5.32 Å². The summed E-state index contributed by atoms with van der Waals surface area (Å²) >= 11 is 0. The van der Waals surface area contributed by atoms with Crippen LogP contribution in [0.15, 0.2) is 17.1 Å². The van der Waals surface area contributed by atoms with Crippen molar-refractivity contribution >= 4 is 17.5 Å². The molecule has 2 atom stereocenters. The SMILES string of the molecule is O=C(Nc1cc(C(F)(F)F)c[nH]c1=O)C(=O)N[C@@H]1C[C@@H]1C1CCCCC1. The second-order valence-corrected chi connectivity index (χ2v) is 6.96. The maximum Gasteiger partial charge on any atom is 0.417 e. The number of anilines is 1. The van der Waals surface area contributed by atoms with Gasteiger partial charge in [0.15, 0.2) is 0 Å². The van der Waals surface area contributed by atoms with E-state index < -0.39 is 34.8 Å². The fraction of sp³-hybridized carbons (Fsp3) is 0.588. The Morgan fingerprint density at radius 2 is 1.81 bits per heavy atom. The normalized spacial score (nSPS) is 23.3. The minimum Gasteiger partial charge on any atom is -0.345 e. The first-order valence-corrected chi connectivity index (χ1v) is 8.67. The van der Waals surface area contributed by atoms with Crippen molar-refractivity contribution in [2.75, 3.05) is 5.32 Å². The second-order valence-electron chi connectivity index (χ2n) is 6.96. The number of pyridine rings is 1. The molecule has 3 N–H and O–H groups in total. The molecule has 2 amide bonds. The zero-order valence-corrected chi connectivity index (χ0v) is 14.0. The Kier molecular flexibility index (Phi) is 5.06. The number of carbonyl (C=O) groups is 2. The lowest BCUT2D eigenvalue weighted by molar-refractivity contribution is -0.137. The van der Waals surface area contributed by atoms with Gasteiger partial charge in [-0.3, -0.25) is 14.4 Å². The third kappa shape index (κ3) is 4.25. The summed E-state index contributed by atoms with van der Waals surface area (Å²) in [6.07, 6.45) is 2.50. The Bertz CT molecular complexity index is 754. The number of alkyl halides is 3. The molecule has 2 aliphatic rings. The van der Waals surface area contributed by atoms with E-state index in [0.717, 1.165) is 19.3 Å². The minimum atomic E-state index is -4.67. The summed E-state index contributed by atoms with van der Waals surface area (Å²) in [5.41, 5.74) is -2.64. The highest BCUT2D eigenvalue weighted by molar-refractivity contribution is 6.39. The predicted molar refractivity (Wildman–Crippen MR) is 87.3 cm³/mol. The van der Waals surface area contributed by atoms with E-state index >= 15 is 0 Å². The third-order valence-corrected chi connectivity index (χ3v) is 5.10. The average Bonchev–Trinajstić information content (AvgIpc) is 3.35. The number of rotatable bonds is 3. The van der Waals surface area contributed by atoms with Gasteiger partial charge in [-0.15, -0.1) is 0 Å². The van der Waals surface area contributed by atoms with Crippen LogP contribution in [0.5, 0.6) is 0 Å². The number of carbonyl (C=O) groups excluding carboxylic acids is 2. The number of aromatic nitrogens is 1. The lowest BCUT2D eigenvalue weighted by Crippen LogP contribution is -2.38. The van der Waals surface area contributed by atoms with Crippen molar-refractivity contribution in [2.24, 2.45) is 11.8 Å². The van der Waals surface area contributed by atoms with E-state index in [0.29, 0.717) is 24.1 Å². The molecule has 0 saturated heterocycles. The summed E-state index contributed by atoms with van der Waals surface area (Å²) in [5, 5.41) is 4.56. The van der Waals surface area contributed by atoms with Gasteiger partial charge in [0.05, 0.1) is 5.56 Å². The summed E-state index contributed by atoms with van der Waals surface area (Å²) in [4.78, 5) is 37.4. The maximum absolute atomic E-state index is 12.7. The maximum atomic E-state index is 12.7. The van der Waals surface area contributed by atoms with Crippen LogP contribution in [-0.2, 0) is 15.8 Å². The number of hydrogen-bond acceptors (Lipinski definition) is 3. The van der Waals surface area contributed by atoms with Gasteiger partial charge in [-0.2, -0.15) is 13.2 Å². The first-order chi connectivity index (χ1) is 12.3. The number of aromatic amines is 1. The molecule has 0 aromatic carbocycles. The molecule has 0 spiro atoms. The van der Waals surface area contributed by atoms with Crippen LogP contribution < -0.4 is 16.2 Å². The van der Waals surface area contributed by atoms with Crippen LogP contribution in [-0.4, -0.2) is 22.8 Å². The lowest BCUT2D eigenvalue weighted by atomic mass is 9.85. The number of amides is 2. The number of H-pyrrole nitrogens is 1. The summed E-state index contributed by atoms with van der Waals surface area (Å²) in [6, 6.07) is 0.433. The van der Waals surface area contributed by atoms with Crippen LogP contribution in [0.2, 0.25) is 0 Å². The molecule has 142 valence electrons. The van der Waals surface area contributed by atoms with Crippen LogP contribution in [0.25, 0.3) is 0 Å². The third-order valence-electron chi connectivity index (χ3n) is 5.10. The molecule has 1 heterocycles. The molecule has 2 saturated carbocycles. The summed E-state index contributed by atoms with van der Waals surface area (Å²) in [7, 11) is 0. The fourth-order valence-corrected chi connectivity index (χ4v) is 3.62. The summed E-state index contributed by atoms with van der Waals surface area (Å²) < 4.78 is 38.0. The molecule has 2 fully saturated rings. The monoisotopic (exact) mass is 371 g/mol. The number of halogens is 3. The van der Waals surface area contributed by atoms with Gasteiger partial charge in [-0.05, 0) is 24.3 Å². The van der Waals surface area contributed by atoms with Crippen LogP contribution in [0.3, 0.4) is 0 Å². The van der Waals surface area contributed by atoms with Crippen molar-refractivity contribution in [3.63, 3.8) is 0 Å². The van der Waals surface area contributed by atoms with Gasteiger partial charge >= 0.3 is 18.0 Å². The molecule has 6 nitrogen and oxygen atoms in total. The molecular formula is C17H20F3N3O3. The molecule has 2 aliphatic carbocycles. The van der Waals surface area contributed by atoms with Crippen LogP contribution >= 0.6 is 0 Å². The van der Waals surface area contributed by atoms with Gasteiger partial charge < -0.3 is 15.6 Å². The quantitative estimate of drug-likeness (QED) is 0.713. The minimum absolute atomic E-state index is 0.0730. The van der Waals surface area contributed by atoms with E-state index in [9.17, 15) is 27.6 Å². The molecule has 0 aliphatic heterocycles. The van der Waals surface area contributed by atoms with Gasteiger partial charge in [0.2, 0.25) is 0 Å². The standard InChI is InChI=1S/C17H20F3N3O3/c18-17(19,20)10-6-13(14(24)21-8-10)23-16(26)15(25)22-12-7-11(12)9-4-2-1-3-5-9/h6,8-9,11-12H,1-5,7H2,(H,21,24)(H,22,25)(H,23,26)/t11-,12-/m1/s1. The predicted octanol–water partition coefficient (Wildman–Crippen LogP) is 2.42. The summed E-state index contributed by atoms with van der Waals surface area (Å²) in [5.74, 6) is -1.17. The zero-order chi connectivity index (χ0) is 18.9. The highest BCUT2D eigenvalue weighted by atomic mass is 19.4. The Morgan fingerprint density at radius 1 is 1.12 bits per heavy atom. The van der Waals surface area contributed by atoms with E-state index in [-0.39, 0.29) is 6.04 Å². The van der Waals surface area contributed by atoms with Gasteiger partial charge in [-0.1, -0.05) is 32.1 Å². The van der Waals surface area contributed by atoms with Crippen molar-refractivity contribution in [2.45, 2.75) is 50.7 Å². The number of hydrogen-bond donors (Lipinski definition) is 3. The average molecular weight is 371 g/mol. The van der Waals surface area contributed by atoms with E-state index in [1.165, 1.54) is 19.3 Å². The van der Waals surface area contributed by atoms with Crippen LogP contribution in [0.4, 0.5) is 18.9 Å². The van der Waals surface area contributed by atoms with Crippen molar-refractivity contribution < 1.29 is 22.8 Å². The largest absolute Gasteiger partial charge is 0.417 e. The number of nitrogens with one attached hydrogen (secondary N) is 3. The van der Waals surface area contributed by atoms with Crippen molar-refractivity contribution in [3.05, 3.63) is 28.2 Å². The Labute approximate surface area is 147 Å². The highest BCUT2D eigenvalue weighted by Crippen LogP contribution is 2.44. The van der Waals surface area contributed by atoms with Gasteiger partial charge in [0.1, 0.15) is 5.69 Å². The highest BCUT2D eigenvalue weighted by Gasteiger charge is 2.44. The molecule has 0 unspecified atom stereocenters. The lowest BCUT2D eigenvalue weighted by Gasteiger charge is -2.21. The van der Waals surface area contributed by atoms with E-state index in [1.54, 1.807) is 0 Å². The molecular weight excluding hydrogens is 351 g/mol. The topological polar surface area (TPSA) is 91.1 Å². The molecule has 1 aromatic rings. The smallest absolute Gasteiger partial charge is 0.345 e. The van der Waals surface area contributed by atoms with Crippen LogP contribution in [0.1, 0.15) is 44.1 Å². The van der Waals surface area contributed by atoms with Gasteiger partial charge in [0, 0.05) is 12.2 Å². The van der Waals surface area contributed by atoms with E-state index in [1.807, 2.05) is 10.3 Å². The molecule has 9 heteroatoms. The molecule has 1 aromatic heterocycles. The second kappa shape index (κ2) is 7.13. The van der Waals surface area contributed by atoms with Crippen molar-refractivity contribution in [3.8, 4) is 0 Å². The zero-order valence-electron chi connectivity index (χ0n) is 14.0. The first-order valence-electron chi connectivity index (χ1n) is 8.67. The Hall–Kier alpha value is -2.32. The van der Waals surface area contributed by atoms with Crippen LogP contribution in [0, 0.1) is 11.8 Å². The Balaban J connectivity index is 1.57. The van der Waals surface area contributed by atoms with Gasteiger partial charge in [-0.25, -0.2) is 0 Å². The van der Waals surface area contributed by atoms with Gasteiger partial charge in [0.25, 0.3) is 5.56 Å². The fourth-order valence-electron chi connectivity index (χ4n) is 3.62. The first kappa shape index (κ1) is 18.5. The molecule has 0 radical (unpaired) electrons. The molecule has 26 heavy (non-hydrogen) atoms. The van der Waals surface area contributed by atoms with E-state index in [4.69, 9.17) is 0 Å². The summed E-state index contributed by atoms with van der Waals surface area (Å²) in [6.45, 7) is 0. The molecule has 0 bridgehead atoms. The van der Waals surface area contributed by atoms with Crippen molar-refractivity contribution in [1.29, 1.82) is 0 Å².